The zero-order valence-corrected chi connectivity index (χ0v) is 10.5. The number of nitro groups is 1. The van der Waals surface area contributed by atoms with E-state index in [0.717, 1.165) is 5.56 Å². The first kappa shape index (κ1) is 13.0. The molecule has 0 aliphatic heterocycles. The molecule has 0 unspecified atom stereocenters. The molecule has 0 aliphatic carbocycles. The Bertz CT molecular complexity index is 606. The number of nitrogens with two attached hydrogens (primary N) is 1. The Morgan fingerprint density at radius 1 is 1.32 bits per heavy atom. The quantitative estimate of drug-likeness (QED) is 0.505. The molecule has 0 saturated heterocycles. The van der Waals surface area contributed by atoms with E-state index >= 15 is 0 Å². The summed E-state index contributed by atoms with van der Waals surface area (Å²) in [5.41, 5.74) is 5.99. The fourth-order valence-corrected chi connectivity index (χ4v) is 1.76. The lowest BCUT2D eigenvalue weighted by molar-refractivity contribution is -0.384. The summed E-state index contributed by atoms with van der Waals surface area (Å²) >= 11 is 5.70. The number of nitrogen functional groups attached to an aromatic ring is 1. The molecule has 0 saturated carbocycles. The van der Waals surface area contributed by atoms with Crippen LogP contribution < -0.4 is 11.1 Å². The minimum Gasteiger partial charge on any atom is -0.368 e. The van der Waals surface area contributed by atoms with E-state index < -0.39 is 4.92 Å². The minimum absolute atomic E-state index is 0.00588. The van der Waals surface area contributed by atoms with Gasteiger partial charge in [-0.25, -0.2) is 0 Å². The topological polar surface area (TPSA) is 107 Å². The molecule has 7 nitrogen and oxygen atoms in total. The van der Waals surface area contributed by atoms with Gasteiger partial charge in [0.2, 0.25) is 16.9 Å². The number of benzene rings is 1. The molecule has 8 heteroatoms. The number of rotatable bonds is 4. The zero-order valence-electron chi connectivity index (χ0n) is 9.71. The maximum atomic E-state index is 10.9. The van der Waals surface area contributed by atoms with Gasteiger partial charge < -0.3 is 11.1 Å². The summed E-state index contributed by atoms with van der Waals surface area (Å²) in [6.45, 7) is 0.370. The summed E-state index contributed by atoms with van der Waals surface area (Å²) in [5, 5.41) is 13.5. The Balaban J connectivity index is 2.27. The highest BCUT2D eigenvalue weighted by Gasteiger charge is 2.22. The van der Waals surface area contributed by atoms with Gasteiger partial charge in [0, 0.05) is 6.54 Å². The lowest BCUT2D eigenvalue weighted by atomic mass is 10.2. The number of hydrogen-bond donors (Lipinski definition) is 2. The average Bonchev–Trinajstić information content (AvgIpc) is 2.36. The van der Waals surface area contributed by atoms with Crippen LogP contribution >= 0.6 is 11.6 Å². The molecule has 1 heterocycles. The number of nitrogens with zero attached hydrogens (tertiary/aromatic N) is 3. The third-order valence-corrected chi connectivity index (χ3v) is 2.61. The maximum Gasteiger partial charge on any atom is 0.348 e. The molecule has 98 valence electrons. The van der Waals surface area contributed by atoms with Crippen molar-refractivity contribution in [2.45, 2.75) is 6.54 Å². The Hall–Kier alpha value is -2.41. The highest BCUT2D eigenvalue weighted by atomic mass is 35.5. The monoisotopic (exact) mass is 279 g/mol. The summed E-state index contributed by atoms with van der Waals surface area (Å²) in [4.78, 5) is 17.6. The second-order valence-electron chi connectivity index (χ2n) is 3.67. The Morgan fingerprint density at radius 2 is 2.00 bits per heavy atom. The molecule has 0 spiro atoms. The maximum absolute atomic E-state index is 10.9. The summed E-state index contributed by atoms with van der Waals surface area (Å²) in [7, 11) is 0. The molecular weight excluding hydrogens is 270 g/mol. The molecule has 19 heavy (non-hydrogen) atoms. The Morgan fingerprint density at radius 3 is 2.63 bits per heavy atom. The molecule has 0 atom stereocenters. The summed E-state index contributed by atoms with van der Waals surface area (Å²) in [6, 6.07) is 9.38. The van der Waals surface area contributed by atoms with Crippen molar-refractivity contribution in [3.63, 3.8) is 0 Å². The minimum atomic E-state index is -0.644. The van der Waals surface area contributed by atoms with E-state index in [4.69, 9.17) is 17.3 Å². The molecule has 1 aromatic carbocycles. The van der Waals surface area contributed by atoms with E-state index in [-0.39, 0.29) is 22.6 Å². The van der Waals surface area contributed by atoms with Gasteiger partial charge in [0.25, 0.3) is 0 Å². The molecule has 2 rings (SSSR count). The van der Waals surface area contributed by atoms with Crippen LogP contribution in [0.2, 0.25) is 5.15 Å². The third-order valence-electron chi connectivity index (χ3n) is 2.34. The van der Waals surface area contributed by atoms with Crippen molar-refractivity contribution in [2.24, 2.45) is 0 Å². The molecular formula is C11H10ClN5O2. The van der Waals surface area contributed by atoms with Gasteiger partial charge in [-0.3, -0.25) is 10.1 Å². The molecule has 3 N–H and O–H groups in total. The van der Waals surface area contributed by atoms with Gasteiger partial charge >= 0.3 is 5.69 Å². The Kier molecular flexibility index (Phi) is 3.76. The highest BCUT2D eigenvalue weighted by Crippen LogP contribution is 2.30. The molecule has 0 amide bonds. The predicted molar refractivity (Wildman–Crippen MR) is 71.9 cm³/mol. The lowest BCUT2D eigenvalue weighted by Crippen LogP contribution is -2.08. The molecule has 0 radical (unpaired) electrons. The van der Waals surface area contributed by atoms with Crippen molar-refractivity contribution in [3.8, 4) is 0 Å². The van der Waals surface area contributed by atoms with E-state index in [1.54, 1.807) is 0 Å². The smallest absolute Gasteiger partial charge is 0.348 e. The van der Waals surface area contributed by atoms with E-state index in [2.05, 4.69) is 15.3 Å². The van der Waals surface area contributed by atoms with Crippen molar-refractivity contribution in [1.82, 2.24) is 9.97 Å². The van der Waals surface area contributed by atoms with Gasteiger partial charge in [-0.2, -0.15) is 9.97 Å². The second kappa shape index (κ2) is 5.49. The van der Waals surface area contributed by atoms with Crippen molar-refractivity contribution >= 4 is 29.1 Å². The predicted octanol–water partition coefficient (Wildman–Crippen LogP) is 2.23. The largest absolute Gasteiger partial charge is 0.368 e. The molecule has 0 aliphatic rings. The first-order valence-corrected chi connectivity index (χ1v) is 5.71. The second-order valence-corrected chi connectivity index (χ2v) is 4.02. The van der Waals surface area contributed by atoms with Gasteiger partial charge in [0.1, 0.15) is 0 Å². The van der Waals surface area contributed by atoms with Gasteiger partial charge in [0.15, 0.2) is 0 Å². The molecule has 2 aromatic rings. The van der Waals surface area contributed by atoms with Gasteiger partial charge in [0.05, 0.1) is 4.92 Å². The van der Waals surface area contributed by atoms with Crippen LogP contribution in [0.25, 0.3) is 0 Å². The van der Waals surface area contributed by atoms with Gasteiger partial charge in [-0.15, -0.1) is 0 Å². The van der Waals surface area contributed by atoms with Crippen molar-refractivity contribution in [1.29, 1.82) is 0 Å². The van der Waals surface area contributed by atoms with E-state index in [9.17, 15) is 10.1 Å². The summed E-state index contributed by atoms with van der Waals surface area (Å²) < 4.78 is 0. The standard InChI is InChI=1S/C11H10ClN5O2/c12-9-8(17(18)19)10(16-11(13)15-9)14-6-7-4-2-1-3-5-7/h1-5H,6H2,(H3,13,14,15,16). The van der Waals surface area contributed by atoms with E-state index in [1.165, 1.54) is 0 Å². The van der Waals surface area contributed by atoms with E-state index in [0.29, 0.717) is 6.54 Å². The summed E-state index contributed by atoms with van der Waals surface area (Å²) in [5.74, 6) is -0.113. The van der Waals surface area contributed by atoms with Crippen LogP contribution in [0, 0.1) is 10.1 Å². The number of aromatic nitrogens is 2. The van der Waals surface area contributed by atoms with Crippen LogP contribution in [-0.2, 0) is 6.54 Å². The third kappa shape index (κ3) is 3.08. The van der Waals surface area contributed by atoms with Crippen LogP contribution in [0.1, 0.15) is 5.56 Å². The molecule has 1 aromatic heterocycles. The fourth-order valence-electron chi connectivity index (χ4n) is 1.51. The number of nitrogens with one attached hydrogen (secondary N) is 1. The Labute approximate surface area is 113 Å². The number of halogens is 1. The molecule has 0 bridgehead atoms. The van der Waals surface area contributed by atoms with Gasteiger partial charge in [-0.05, 0) is 5.56 Å². The number of hydrogen-bond acceptors (Lipinski definition) is 6. The van der Waals surface area contributed by atoms with Crippen LogP contribution in [0.3, 0.4) is 0 Å². The normalized spacial score (nSPS) is 10.2. The van der Waals surface area contributed by atoms with Gasteiger partial charge in [-0.1, -0.05) is 41.9 Å². The number of anilines is 2. The molecule has 0 fully saturated rings. The van der Waals surface area contributed by atoms with E-state index in [1.807, 2.05) is 30.3 Å². The lowest BCUT2D eigenvalue weighted by Gasteiger charge is -2.07. The fraction of sp³-hybridized carbons (Fsp3) is 0.0909. The first-order valence-electron chi connectivity index (χ1n) is 5.33. The van der Waals surface area contributed by atoms with Crippen LogP contribution in [0.15, 0.2) is 30.3 Å². The SMILES string of the molecule is Nc1nc(Cl)c([N+](=O)[O-])c(NCc2ccccc2)n1. The van der Waals surface area contributed by atoms with Crippen molar-refractivity contribution < 1.29 is 4.92 Å². The zero-order chi connectivity index (χ0) is 13.8. The highest BCUT2D eigenvalue weighted by molar-refractivity contribution is 6.32. The van der Waals surface area contributed by atoms with Crippen molar-refractivity contribution in [2.75, 3.05) is 11.1 Å². The first-order chi connectivity index (χ1) is 9.08. The average molecular weight is 280 g/mol. The van der Waals surface area contributed by atoms with Crippen molar-refractivity contribution in [3.05, 3.63) is 51.2 Å². The van der Waals surface area contributed by atoms with Crippen LogP contribution in [0.5, 0.6) is 0 Å². The van der Waals surface area contributed by atoms with Crippen LogP contribution in [-0.4, -0.2) is 14.9 Å². The summed E-state index contributed by atoms with van der Waals surface area (Å²) in [6.07, 6.45) is 0. The van der Waals surface area contributed by atoms with Crippen LogP contribution in [0.4, 0.5) is 17.5 Å².